The van der Waals surface area contributed by atoms with Crippen LogP contribution in [0, 0.1) is 5.41 Å². The lowest BCUT2D eigenvalue weighted by atomic mass is 9.60. The molecule has 2 nitrogen and oxygen atoms in total. The maximum absolute atomic E-state index is 11.7. The van der Waals surface area contributed by atoms with Gasteiger partial charge in [-0.3, -0.25) is 4.79 Å². The molecule has 3 aliphatic rings. The summed E-state index contributed by atoms with van der Waals surface area (Å²) < 4.78 is 6.25. The molecule has 0 radical (unpaired) electrons. The van der Waals surface area contributed by atoms with E-state index in [1.54, 1.807) is 6.08 Å². The van der Waals surface area contributed by atoms with Gasteiger partial charge in [-0.2, -0.15) is 0 Å². The number of hydrogen-bond donors (Lipinski definition) is 0. The molecule has 0 bridgehead atoms. The Morgan fingerprint density at radius 2 is 2.00 bits per heavy atom. The first-order valence-electron chi connectivity index (χ1n) is 7.25. The Kier molecular flexibility index (Phi) is 2.93. The Morgan fingerprint density at radius 3 is 2.89 bits per heavy atom. The van der Waals surface area contributed by atoms with E-state index in [0.29, 0.717) is 0 Å². The van der Waals surface area contributed by atoms with Gasteiger partial charge < -0.3 is 4.74 Å². The standard InChI is InChI=1S/C16H22O2/c1-15-8-4-2-3-6-13-12-14(17)7-10-16(13,15)18-11-5-9-15/h7,10,12H,2-6,8-9,11H2,1H3/t15-,16-/m1/s1. The van der Waals surface area contributed by atoms with Crippen molar-refractivity contribution in [1.82, 2.24) is 0 Å². The molecule has 0 amide bonds. The van der Waals surface area contributed by atoms with Crippen molar-refractivity contribution < 1.29 is 9.53 Å². The molecular formula is C16H22O2. The molecule has 0 aromatic carbocycles. The van der Waals surface area contributed by atoms with Crippen molar-refractivity contribution in [3.05, 3.63) is 23.8 Å². The summed E-state index contributed by atoms with van der Waals surface area (Å²) in [6.07, 6.45) is 14.0. The van der Waals surface area contributed by atoms with Crippen molar-refractivity contribution in [2.75, 3.05) is 6.61 Å². The first-order chi connectivity index (χ1) is 8.66. The number of carbonyl (C=O) groups excluding carboxylic acids is 1. The molecule has 2 heteroatoms. The normalized spacial score (nSPS) is 40.3. The van der Waals surface area contributed by atoms with E-state index in [0.717, 1.165) is 19.4 Å². The number of ether oxygens (including phenoxy) is 1. The van der Waals surface area contributed by atoms with E-state index < -0.39 is 0 Å². The molecule has 1 saturated heterocycles. The molecule has 18 heavy (non-hydrogen) atoms. The van der Waals surface area contributed by atoms with Crippen LogP contribution in [0.15, 0.2) is 23.8 Å². The second-order valence-corrected chi connectivity index (χ2v) is 6.21. The van der Waals surface area contributed by atoms with Gasteiger partial charge in [-0.05, 0) is 55.9 Å². The van der Waals surface area contributed by atoms with Crippen molar-refractivity contribution in [2.24, 2.45) is 5.41 Å². The highest BCUT2D eigenvalue weighted by molar-refractivity contribution is 6.01. The largest absolute Gasteiger partial charge is 0.366 e. The zero-order chi connectivity index (χ0) is 12.6. The number of hydrogen-bond acceptors (Lipinski definition) is 2. The van der Waals surface area contributed by atoms with Gasteiger partial charge >= 0.3 is 0 Å². The summed E-state index contributed by atoms with van der Waals surface area (Å²) in [5.74, 6) is 0.132. The Bertz CT molecular complexity index is 421. The average Bonchev–Trinajstić information content (AvgIpc) is 2.34. The number of ketones is 1. The lowest BCUT2D eigenvalue weighted by Gasteiger charge is -2.53. The fraction of sp³-hybridized carbons (Fsp3) is 0.688. The smallest absolute Gasteiger partial charge is 0.178 e. The van der Waals surface area contributed by atoms with Crippen LogP contribution in [0.1, 0.15) is 51.9 Å². The molecular weight excluding hydrogens is 224 g/mol. The van der Waals surface area contributed by atoms with Crippen LogP contribution in [-0.2, 0) is 9.53 Å². The lowest BCUT2D eigenvalue weighted by molar-refractivity contribution is -0.122. The second-order valence-electron chi connectivity index (χ2n) is 6.21. The molecule has 2 aliphatic carbocycles. The third-order valence-electron chi connectivity index (χ3n) is 5.05. The van der Waals surface area contributed by atoms with E-state index in [2.05, 4.69) is 13.0 Å². The molecule has 2 fully saturated rings. The van der Waals surface area contributed by atoms with E-state index in [1.807, 2.05) is 6.08 Å². The van der Waals surface area contributed by atoms with Crippen molar-refractivity contribution >= 4 is 5.78 Å². The Morgan fingerprint density at radius 1 is 1.17 bits per heavy atom. The van der Waals surface area contributed by atoms with E-state index >= 15 is 0 Å². The van der Waals surface area contributed by atoms with Crippen LogP contribution in [0.25, 0.3) is 0 Å². The quantitative estimate of drug-likeness (QED) is 0.653. The summed E-state index contributed by atoms with van der Waals surface area (Å²) in [5, 5.41) is 0. The Hall–Kier alpha value is -0.890. The molecule has 1 heterocycles. The van der Waals surface area contributed by atoms with E-state index in [1.165, 1.54) is 37.7 Å². The average molecular weight is 246 g/mol. The van der Waals surface area contributed by atoms with E-state index in [4.69, 9.17) is 4.74 Å². The van der Waals surface area contributed by atoms with Crippen LogP contribution in [0.4, 0.5) is 0 Å². The molecule has 3 rings (SSSR count). The maximum Gasteiger partial charge on any atom is 0.178 e. The minimum Gasteiger partial charge on any atom is -0.366 e. The van der Waals surface area contributed by atoms with Gasteiger partial charge in [0.2, 0.25) is 0 Å². The maximum atomic E-state index is 11.7. The predicted octanol–water partition coefficient (Wildman–Crippen LogP) is 3.57. The zero-order valence-corrected chi connectivity index (χ0v) is 11.2. The zero-order valence-electron chi connectivity index (χ0n) is 11.2. The highest BCUT2D eigenvalue weighted by Gasteiger charge is 2.52. The Balaban J connectivity index is 2.07. The first-order valence-corrected chi connectivity index (χ1v) is 7.25. The number of rotatable bonds is 0. The summed E-state index contributed by atoms with van der Waals surface area (Å²) in [6.45, 7) is 3.18. The molecule has 0 aromatic heterocycles. The molecule has 0 N–H and O–H groups in total. The minimum atomic E-state index is -0.278. The molecule has 1 aliphatic heterocycles. The third kappa shape index (κ3) is 1.70. The Labute approximate surface area is 109 Å². The summed E-state index contributed by atoms with van der Waals surface area (Å²) in [6, 6.07) is 0. The second kappa shape index (κ2) is 4.34. The number of carbonyl (C=O) groups is 1. The minimum absolute atomic E-state index is 0.132. The molecule has 1 spiro atoms. The van der Waals surface area contributed by atoms with Crippen molar-refractivity contribution in [3.8, 4) is 0 Å². The van der Waals surface area contributed by atoms with Gasteiger partial charge in [-0.1, -0.05) is 19.8 Å². The SMILES string of the molecule is C[C@]12CCCCCC3=CC(=O)C=C[C@@]31OCCC2. The van der Waals surface area contributed by atoms with E-state index in [9.17, 15) is 4.79 Å². The van der Waals surface area contributed by atoms with Crippen LogP contribution < -0.4 is 0 Å². The van der Waals surface area contributed by atoms with Crippen LogP contribution in [0.3, 0.4) is 0 Å². The fourth-order valence-corrected chi connectivity index (χ4v) is 3.99. The van der Waals surface area contributed by atoms with Gasteiger partial charge in [0.1, 0.15) is 5.60 Å². The van der Waals surface area contributed by atoms with Crippen molar-refractivity contribution in [2.45, 2.75) is 57.5 Å². The monoisotopic (exact) mass is 246 g/mol. The van der Waals surface area contributed by atoms with Crippen LogP contribution in [-0.4, -0.2) is 18.0 Å². The van der Waals surface area contributed by atoms with Crippen LogP contribution >= 0.6 is 0 Å². The number of allylic oxidation sites excluding steroid dienone is 2. The molecule has 98 valence electrons. The summed E-state index contributed by atoms with van der Waals surface area (Å²) in [4.78, 5) is 11.7. The van der Waals surface area contributed by atoms with Crippen LogP contribution in [0.5, 0.6) is 0 Å². The summed E-state index contributed by atoms with van der Waals surface area (Å²) >= 11 is 0. The van der Waals surface area contributed by atoms with Crippen molar-refractivity contribution in [3.63, 3.8) is 0 Å². The predicted molar refractivity (Wildman–Crippen MR) is 71.3 cm³/mol. The molecule has 0 unspecified atom stereocenters. The highest BCUT2D eigenvalue weighted by atomic mass is 16.5. The molecule has 1 saturated carbocycles. The highest BCUT2D eigenvalue weighted by Crippen LogP contribution is 2.53. The van der Waals surface area contributed by atoms with Gasteiger partial charge in [0.15, 0.2) is 5.78 Å². The van der Waals surface area contributed by atoms with Gasteiger partial charge in [0.25, 0.3) is 0 Å². The molecule has 2 atom stereocenters. The topological polar surface area (TPSA) is 26.3 Å². The van der Waals surface area contributed by atoms with Gasteiger partial charge in [-0.25, -0.2) is 0 Å². The van der Waals surface area contributed by atoms with Gasteiger partial charge in [-0.15, -0.1) is 0 Å². The summed E-state index contributed by atoms with van der Waals surface area (Å²) in [7, 11) is 0. The van der Waals surface area contributed by atoms with Gasteiger partial charge in [0.05, 0.1) is 0 Å². The third-order valence-corrected chi connectivity index (χ3v) is 5.05. The fourth-order valence-electron chi connectivity index (χ4n) is 3.99. The van der Waals surface area contributed by atoms with Crippen molar-refractivity contribution in [1.29, 1.82) is 0 Å². The van der Waals surface area contributed by atoms with E-state index in [-0.39, 0.29) is 16.8 Å². The summed E-state index contributed by atoms with van der Waals surface area (Å²) in [5.41, 5.74) is 1.13. The first kappa shape index (κ1) is 12.2. The lowest BCUT2D eigenvalue weighted by Crippen LogP contribution is -2.53. The molecule has 0 aromatic rings. The van der Waals surface area contributed by atoms with Crippen LogP contribution in [0.2, 0.25) is 0 Å². The van der Waals surface area contributed by atoms with Gasteiger partial charge in [0, 0.05) is 12.0 Å².